The van der Waals surface area contributed by atoms with Gasteiger partial charge in [0.1, 0.15) is 0 Å². The Morgan fingerprint density at radius 2 is 1.29 bits per heavy atom. The molecule has 2 aromatic carbocycles. The summed E-state index contributed by atoms with van der Waals surface area (Å²) in [5, 5.41) is 0. The number of carbonyl (C=O) groups is 1. The summed E-state index contributed by atoms with van der Waals surface area (Å²) in [6.45, 7) is 1.68. The van der Waals surface area contributed by atoms with E-state index in [0.29, 0.717) is 0 Å². The molecule has 0 saturated heterocycles. The Hall–Kier alpha value is -1.89. The van der Waals surface area contributed by atoms with Gasteiger partial charge in [-0.2, -0.15) is 0 Å². The van der Waals surface area contributed by atoms with Crippen LogP contribution in [-0.2, 0) is 25.7 Å². The molecule has 0 fully saturated rings. The Kier molecular flexibility index (Phi) is 4.19. The minimum atomic E-state index is 0.197. The van der Waals surface area contributed by atoms with Crippen molar-refractivity contribution in [3.8, 4) is 0 Å². The number of hydrogen-bond acceptors (Lipinski definition) is 1. The Bertz CT molecular complexity index is 637. The highest BCUT2D eigenvalue weighted by molar-refractivity contribution is 5.95. The van der Waals surface area contributed by atoms with Gasteiger partial charge in [-0.1, -0.05) is 36.4 Å². The first kappa shape index (κ1) is 14.1. The van der Waals surface area contributed by atoms with E-state index < -0.39 is 0 Å². The fourth-order valence-electron chi connectivity index (χ4n) is 3.18. The summed E-state index contributed by atoms with van der Waals surface area (Å²) in [5.74, 6) is 0.197. The Labute approximate surface area is 127 Å². The van der Waals surface area contributed by atoms with Crippen molar-refractivity contribution in [1.82, 2.24) is 0 Å². The number of benzene rings is 2. The average Bonchev–Trinajstić information content (AvgIpc) is 2.50. The zero-order chi connectivity index (χ0) is 14.7. The molecule has 1 nitrogen and oxygen atoms in total. The molecule has 0 spiro atoms. The van der Waals surface area contributed by atoms with E-state index in [1.165, 1.54) is 22.3 Å². The first-order valence-electron chi connectivity index (χ1n) is 7.93. The van der Waals surface area contributed by atoms with Crippen molar-refractivity contribution in [2.45, 2.75) is 45.4 Å². The normalized spacial score (nSPS) is 14.9. The van der Waals surface area contributed by atoms with Crippen molar-refractivity contribution in [2.75, 3.05) is 0 Å². The van der Waals surface area contributed by atoms with Gasteiger partial charge in [-0.25, -0.2) is 0 Å². The second kappa shape index (κ2) is 6.26. The van der Waals surface area contributed by atoms with E-state index in [1.54, 1.807) is 6.92 Å². The van der Waals surface area contributed by atoms with Gasteiger partial charge in [0.15, 0.2) is 5.78 Å². The zero-order valence-corrected chi connectivity index (χ0v) is 12.7. The first-order chi connectivity index (χ1) is 10.2. The monoisotopic (exact) mass is 278 g/mol. The average molecular weight is 278 g/mol. The van der Waals surface area contributed by atoms with E-state index in [2.05, 4.69) is 42.5 Å². The molecule has 0 saturated carbocycles. The number of aryl methyl sites for hydroxylation is 4. The zero-order valence-electron chi connectivity index (χ0n) is 12.7. The highest BCUT2D eigenvalue weighted by Crippen LogP contribution is 2.19. The molecule has 0 heterocycles. The van der Waals surface area contributed by atoms with Gasteiger partial charge in [-0.05, 0) is 73.8 Å². The molecule has 2 aromatic rings. The first-order valence-corrected chi connectivity index (χ1v) is 7.93. The molecule has 108 valence electrons. The number of carbonyl (C=O) groups excluding carboxylic acids is 1. The summed E-state index contributed by atoms with van der Waals surface area (Å²) < 4.78 is 0. The molecule has 21 heavy (non-hydrogen) atoms. The number of Topliss-reactive ketones (excluding diaryl/α,β-unsaturated/α-hetero) is 1. The molecule has 6 rings (SSSR count). The van der Waals surface area contributed by atoms with Crippen LogP contribution in [0.1, 0.15) is 52.4 Å². The van der Waals surface area contributed by atoms with Gasteiger partial charge in [0.05, 0.1) is 0 Å². The number of hydrogen-bond donors (Lipinski definition) is 0. The molecule has 4 aliphatic rings. The van der Waals surface area contributed by atoms with Crippen molar-refractivity contribution in [3.05, 3.63) is 70.3 Å². The van der Waals surface area contributed by atoms with Crippen molar-refractivity contribution in [3.63, 3.8) is 0 Å². The Morgan fingerprint density at radius 3 is 1.90 bits per heavy atom. The fourth-order valence-corrected chi connectivity index (χ4v) is 3.18. The Balaban J connectivity index is 1.90. The lowest BCUT2D eigenvalue weighted by atomic mass is 9.93. The van der Waals surface area contributed by atoms with Gasteiger partial charge in [-0.15, -0.1) is 0 Å². The number of ketones is 1. The van der Waals surface area contributed by atoms with Gasteiger partial charge < -0.3 is 0 Å². The maximum absolute atomic E-state index is 11.9. The summed E-state index contributed by atoms with van der Waals surface area (Å²) in [4.78, 5) is 11.9. The van der Waals surface area contributed by atoms with Crippen molar-refractivity contribution in [2.24, 2.45) is 0 Å². The molecule has 0 aromatic heterocycles. The van der Waals surface area contributed by atoms with Crippen LogP contribution in [0.4, 0.5) is 0 Å². The minimum absolute atomic E-state index is 0.197. The summed E-state index contributed by atoms with van der Waals surface area (Å²) >= 11 is 0. The van der Waals surface area contributed by atoms with E-state index >= 15 is 0 Å². The fraction of sp³-hybridized carbons (Fsp3) is 0.350. The lowest BCUT2D eigenvalue weighted by molar-refractivity contribution is 0.101. The predicted octanol–water partition coefficient (Wildman–Crippen LogP) is 4.55. The van der Waals surface area contributed by atoms with Crippen LogP contribution in [0.15, 0.2) is 42.5 Å². The quantitative estimate of drug-likeness (QED) is 0.699. The predicted molar refractivity (Wildman–Crippen MR) is 86.9 cm³/mol. The van der Waals surface area contributed by atoms with Crippen LogP contribution in [0.25, 0.3) is 0 Å². The standard InChI is InChI=1S/C20H22O/c1-15(21)20-14-18-6-2-4-16-8-10-17(11-9-16)5-3-7-19(20)13-12-18/h8-14H,2-7H2,1H3. The van der Waals surface area contributed by atoms with Gasteiger partial charge in [0, 0.05) is 5.56 Å². The van der Waals surface area contributed by atoms with E-state index in [4.69, 9.17) is 0 Å². The Morgan fingerprint density at radius 1 is 0.762 bits per heavy atom. The maximum atomic E-state index is 11.9. The van der Waals surface area contributed by atoms with Crippen molar-refractivity contribution < 1.29 is 4.79 Å². The molecule has 0 radical (unpaired) electrons. The summed E-state index contributed by atoms with van der Waals surface area (Å²) in [5.41, 5.74) is 6.24. The molecule has 0 unspecified atom stereocenters. The topological polar surface area (TPSA) is 17.1 Å². The molecule has 0 aliphatic heterocycles. The van der Waals surface area contributed by atoms with Crippen LogP contribution in [0.5, 0.6) is 0 Å². The van der Waals surface area contributed by atoms with Crippen LogP contribution < -0.4 is 0 Å². The molecular weight excluding hydrogens is 256 g/mol. The summed E-state index contributed by atoms with van der Waals surface area (Å²) in [6.07, 6.45) is 6.45. The van der Waals surface area contributed by atoms with E-state index in [1.807, 2.05) is 0 Å². The molecule has 1 heteroatoms. The summed E-state index contributed by atoms with van der Waals surface area (Å²) in [7, 11) is 0. The maximum Gasteiger partial charge on any atom is 0.160 e. The van der Waals surface area contributed by atoms with E-state index in [9.17, 15) is 4.79 Å². The SMILES string of the molecule is CC(=O)c1cc2ccc1CCCc1ccc(cc1)CCC2. The molecule has 0 atom stereocenters. The van der Waals surface area contributed by atoms with Gasteiger partial charge in [-0.3, -0.25) is 4.79 Å². The van der Waals surface area contributed by atoms with Crippen LogP contribution >= 0.6 is 0 Å². The van der Waals surface area contributed by atoms with Crippen molar-refractivity contribution >= 4 is 5.78 Å². The highest BCUT2D eigenvalue weighted by atomic mass is 16.1. The van der Waals surface area contributed by atoms with E-state index in [-0.39, 0.29) is 5.78 Å². The largest absolute Gasteiger partial charge is 0.295 e. The third-order valence-electron chi connectivity index (χ3n) is 4.42. The second-order valence-electron chi connectivity index (χ2n) is 6.07. The minimum Gasteiger partial charge on any atom is -0.295 e. The third kappa shape index (κ3) is 3.41. The lowest BCUT2D eigenvalue weighted by Gasteiger charge is -2.12. The molecule has 4 bridgehead atoms. The molecule has 0 N–H and O–H groups in total. The summed E-state index contributed by atoms with van der Waals surface area (Å²) in [6, 6.07) is 15.5. The lowest BCUT2D eigenvalue weighted by Crippen LogP contribution is -2.03. The van der Waals surface area contributed by atoms with Crippen LogP contribution in [0.3, 0.4) is 0 Å². The van der Waals surface area contributed by atoms with Crippen LogP contribution in [0, 0.1) is 0 Å². The third-order valence-corrected chi connectivity index (χ3v) is 4.42. The smallest absolute Gasteiger partial charge is 0.160 e. The van der Waals surface area contributed by atoms with Gasteiger partial charge in [0.25, 0.3) is 0 Å². The molecule has 4 aliphatic carbocycles. The second-order valence-corrected chi connectivity index (χ2v) is 6.07. The molecule has 0 amide bonds. The molecular formula is C20H22O. The van der Waals surface area contributed by atoms with Crippen molar-refractivity contribution in [1.29, 1.82) is 0 Å². The van der Waals surface area contributed by atoms with Gasteiger partial charge in [0.2, 0.25) is 0 Å². The highest BCUT2D eigenvalue weighted by Gasteiger charge is 2.09. The van der Waals surface area contributed by atoms with Crippen LogP contribution in [0.2, 0.25) is 0 Å². The number of rotatable bonds is 1. The van der Waals surface area contributed by atoms with Gasteiger partial charge >= 0.3 is 0 Å². The van der Waals surface area contributed by atoms with Crippen LogP contribution in [-0.4, -0.2) is 5.78 Å². The van der Waals surface area contributed by atoms with E-state index in [0.717, 1.165) is 44.1 Å².